The van der Waals surface area contributed by atoms with E-state index in [1.54, 1.807) is 4.68 Å². The molecule has 0 amide bonds. The van der Waals surface area contributed by atoms with E-state index in [4.69, 9.17) is 0 Å². The van der Waals surface area contributed by atoms with E-state index < -0.39 is 0 Å². The number of aryl methyl sites for hydroxylation is 2. The van der Waals surface area contributed by atoms with Crippen molar-refractivity contribution >= 4 is 11.4 Å². The van der Waals surface area contributed by atoms with E-state index >= 15 is 0 Å². The normalized spacial score (nSPS) is 13.8. The van der Waals surface area contributed by atoms with Crippen LogP contribution in [0.4, 0.5) is 11.4 Å². The zero-order valence-electron chi connectivity index (χ0n) is 10.6. The summed E-state index contributed by atoms with van der Waals surface area (Å²) in [5.41, 5.74) is 5.12. The van der Waals surface area contributed by atoms with Crippen molar-refractivity contribution in [1.82, 2.24) is 9.78 Å². The molecular formula is C14H18N4. The minimum atomic E-state index is 0.846. The van der Waals surface area contributed by atoms with Gasteiger partial charge in [0.05, 0.1) is 11.9 Å². The van der Waals surface area contributed by atoms with Gasteiger partial charge >= 0.3 is 0 Å². The number of fused-ring (bicyclic) bond motifs is 1. The molecule has 1 aliphatic rings. The second-order valence-electron chi connectivity index (χ2n) is 4.78. The van der Waals surface area contributed by atoms with Crippen LogP contribution in [0.1, 0.15) is 17.5 Å². The number of hydrogen-bond acceptors (Lipinski definition) is 3. The second kappa shape index (κ2) is 4.72. The molecule has 0 radical (unpaired) electrons. The molecule has 94 valence electrons. The molecule has 0 aliphatic carbocycles. The van der Waals surface area contributed by atoms with Crippen LogP contribution in [0.15, 0.2) is 30.6 Å². The lowest BCUT2D eigenvalue weighted by Gasteiger charge is -2.18. The summed E-state index contributed by atoms with van der Waals surface area (Å²) in [6.45, 7) is 1.94. The molecule has 0 saturated carbocycles. The summed E-state index contributed by atoms with van der Waals surface area (Å²) in [6.07, 6.45) is 6.25. The van der Waals surface area contributed by atoms with Crippen molar-refractivity contribution in [3.63, 3.8) is 0 Å². The average molecular weight is 242 g/mol. The fourth-order valence-electron chi connectivity index (χ4n) is 2.35. The summed E-state index contributed by atoms with van der Waals surface area (Å²) >= 11 is 0. The Hall–Kier alpha value is -1.97. The fraction of sp³-hybridized carbons (Fsp3) is 0.357. The molecule has 3 rings (SSSR count). The molecule has 1 aliphatic heterocycles. The monoisotopic (exact) mass is 242 g/mol. The van der Waals surface area contributed by atoms with E-state index in [2.05, 4.69) is 33.9 Å². The molecule has 1 aromatic heterocycles. The van der Waals surface area contributed by atoms with Gasteiger partial charge in [-0.2, -0.15) is 5.10 Å². The highest BCUT2D eigenvalue weighted by Crippen LogP contribution is 2.23. The van der Waals surface area contributed by atoms with Crippen molar-refractivity contribution in [2.24, 2.45) is 7.05 Å². The lowest BCUT2D eigenvalue weighted by Crippen LogP contribution is -2.12. The maximum absolute atomic E-state index is 4.14. The van der Waals surface area contributed by atoms with Crippen LogP contribution in [-0.4, -0.2) is 16.3 Å². The Morgan fingerprint density at radius 1 is 1.44 bits per heavy atom. The van der Waals surface area contributed by atoms with Gasteiger partial charge in [0, 0.05) is 32.0 Å². The quantitative estimate of drug-likeness (QED) is 0.868. The number of nitrogens with one attached hydrogen (secondary N) is 2. The molecule has 4 nitrogen and oxygen atoms in total. The number of nitrogens with zero attached hydrogens (tertiary/aromatic N) is 2. The maximum Gasteiger partial charge on any atom is 0.0729 e. The Bertz CT molecular complexity index is 544. The summed E-state index contributed by atoms with van der Waals surface area (Å²) in [6, 6.07) is 6.67. The van der Waals surface area contributed by atoms with Crippen molar-refractivity contribution in [3.05, 3.63) is 41.7 Å². The summed E-state index contributed by atoms with van der Waals surface area (Å²) in [4.78, 5) is 0. The van der Waals surface area contributed by atoms with Crippen molar-refractivity contribution < 1.29 is 0 Å². The topological polar surface area (TPSA) is 41.9 Å². The van der Waals surface area contributed by atoms with E-state index in [1.165, 1.54) is 29.7 Å². The van der Waals surface area contributed by atoms with Crippen molar-refractivity contribution in [2.45, 2.75) is 19.4 Å². The summed E-state index contributed by atoms with van der Waals surface area (Å²) < 4.78 is 1.80. The first-order valence-corrected chi connectivity index (χ1v) is 6.39. The number of benzene rings is 1. The van der Waals surface area contributed by atoms with Gasteiger partial charge in [0.15, 0.2) is 0 Å². The van der Waals surface area contributed by atoms with Gasteiger partial charge < -0.3 is 10.6 Å². The highest BCUT2D eigenvalue weighted by Gasteiger charge is 2.08. The van der Waals surface area contributed by atoms with Gasteiger partial charge in [-0.05, 0) is 30.0 Å². The average Bonchev–Trinajstić information content (AvgIpc) is 2.82. The van der Waals surface area contributed by atoms with Crippen molar-refractivity contribution in [2.75, 3.05) is 17.2 Å². The molecule has 1 aromatic carbocycles. The SMILES string of the molecule is Cn1cc(NCc2ccc3c(c2)CCCN3)cn1. The van der Waals surface area contributed by atoms with Gasteiger partial charge in [0.2, 0.25) is 0 Å². The lowest BCUT2D eigenvalue weighted by molar-refractivity contribution is 0.768. The minimum Gasteiger partial charge on any atom is -0.385 e. The first kappa shape index (κ1) is 11.1. The Morgan fingerprint density at radius 3 is 3.22 bits per heavy atom. The van der Waals surface area contributed by atoms with Crippen LogP contribution in [0, 0.1) is 0 Å². The van der Waals surface area contributed by atoms with Gasteiger partial charge in [-0.3, -0.25) is 4.68 Å². The zero-order valence-corrected chi connectivity index (χ0v) is 10.6. The first-order valence-electron chi connectivity index (χ1n) is 6.39. The smallest absolute Gasteiger partial charge is 0.0729 e. The molecule has 2 N–H and O–H groups in total. The van der Waals surface area contributed by atoms with Gasteiger partial charge in [0.25, 0.3) is 0 Å². The first-order chi connectivity index (χ1) is 8.81. The van der Waals surface area contributed by atoms with Gasteiger partial charge in [-0.15, -0.1) is 0 Å². The molecule has 2 aromatic rings. The Labute approximate surface area is 107 Å². The standard InChI is InChI=1S/C14H18N4/c1-18-10-13(9-17-18)16-8-11-4-5-14-12(7-11)3-2-6-15-14/h4-5,7,9-10,15-16H,2-3,6,8H2,1H3. The van der Waals surface area contributed by atoms with Gasteiger partial charge in [-0.1, -0.05) is 12.1 Å². The van der Waals surface area contributed by atoms with Crippen LogP contribution in [0.3, 0.4) is 0 Å². The lowest BCUT2D eigenvalue weighted by atomic mass is 10.0. The summed E-state index contributed by atoms with van der Waals surface area (Å²) in [5.74, 6) is 0. The molecule has 2 heterocycles. The Kier molecular flexibility index (Phi) is 2.92. The third kappa shape index (κ3) is 2.32. The maximum atomic E-state index is 4.14. The molecule has 4 heteroatoms. The minimum absolute atomic E-state index is 0.846. The highest BCUT2D eigenvalue weighted by molar-refractivity contribution is 5.54. The van der Waals surface area contributed by atoms with Crippen molar-refractivity contribution in [3.8, 4) is 0 Å². The molecule has 0 saturated heterocycles. The van der Waals surface area contributed by atoms with Gasteiger partial charge in [0.1, 0.15) is 0 Å². The molecule has 18 heavy (non-hydrogen) atoms. The van der Waals surface area contributed by atoms with Crippen molar-refractivity contribution in [1.29, 1.82) is 0 Å². The van der Waals surface area contributed by atoms with Gasteiger partial charge in [-0.25, -0.2) is 0 Å². The number of anilines is 2. The van der Waals surface area contributed by atoms with Crippen LogP contribution in [-0.2, 0) is 20.0 Å². The van der Waals surface area contributed by atoms with E-state index in [0.29, 0.717) is 0 Å². The third-order valence-electron chi connectivity index (χ3n) is 3.31. The molecule has 0 fully saturated rings. The molecule has 0 bridgehead atoms. The van der Waals surface area contributed by atoms with Crippen LogP contribution in [0.5, 0.6) is 0 Å². The molecule has 0 spiro atoms. The third-order valence-corrected chi connectivity index (χ3v) is 3.31. The van der Waals surface area contributed by atoms with Crippen LogP contribution in [0.2, 0.25) is 0 Å². The molecule has 0 atom stereocenters. The zero-order chi connectivity index (χ0) is 12.4. The Morgan fingerprint density at radius 2 is 2.39 bits per heavy atom. The van der Waals surface area contributed by atoms with Crippen LogP contribution < -0.4 is 10.6 Å². The number of rotatable bonds is 3. The fourth-order valence-corrected chi connectivity index (χ4v) is 2.35. The number of aromatic nitrogens is 2. The summed E-state index contributed by atoms with van der Waals surface area (Å²) in [5, 5.41) is 11.0. The predicted octanol–water partition coefficient (Wildman–Crippen LogP) is 2.39. The molecular weight excluding hydrogens is 224 g/mol. The highest BCUT2D eigenvalue weighted by atomic mass is 15.3. The van der Waals surface area contributed by atoms with E-state index in [9.17, 15) is 0 Å². The molecule has 0 unspecified atom stereocenters. The Balaban J connectivity index is 1.69. The predicted molar refractivity (Wildman–Crippen MR) is 73.8 cm³/mol. The largest absolute Gasteiger partial charge is 0.385 e. The van der Waals surface area contributed by atoms with E-state index in [-0.39, 0.29) is 0 Å². The van der Waals surface area contributed by atoms with Crippen LogP contribution >= 0.6 is 0 Å². The number of hydrogen-bond donors (Lipinski definition) is 2. The van der Waals surface area contributed by atoms with E-state index in [1.807, 2.05) is 19.4 Å². The van der Waals surface area contributed by atoms with Crippen LogP contribution in [0.25, 0.3) is 0 Å². The second-order valence-corrected chi connectivity index (χ2v) is 4.78. The van der Waals surface area contributed by atoms with E-state index in [0.717, 1.165) is 18.8 Å². The summed E-state index contributed by atoms with van der Waals surface area (Å²) in [7, 11) is 1.93.